The van der Waals surface area contributed by atoms with Gasteiger partial charge in [-0.15, -0.1) is 0 Å². The number of aromatic hydroxyl groups is 1. The topological polar surface area (TPSA) is 119 Å². The van der Waals surface area contributed by atoms with E-state index in [1.165, 1.54) is 44.6 Å². The molecule has 4 rings (SSSR count). The lowest BCUT2D eigenvalue weighted by Crippen LogP contribution is -2.09. The van der Waals surface area contributed by atoms with E-state index >= 15 is 0 Å². The lowest BCUT2D eigenvalue weighted by molar-refractivity contribution is 0.0598. The van der Waals surface area contributed by atoms with Crippen molar-refractivity contribution >= 4 is 33.7 Å². The van der Waals surface area contributed by atoms with Gasteiger partial charge in [-0.25, -0.2) is 28.3 Å². The number of hydrogen-bond acceptors (Lipinski definition) is 7. The van der Waals surface area contributed by atoms with Gasteiger partial charge in [-0.05, 0) is 49.2 Å². The number of carboxylic acid groups (broad SMARTS) is 1. The molecule has 2 aromatic heterocycles. The second kappa shape index (κ2) is 10.9. The fourth-order valence-electron chi connectivity index (χ4n) is 3.77. The highest BCUT2D eigenvalue weighted by atomic mass is 19.1. The number of esters is 1. The molecule has 10 heteroatoms. The predicted molar refractivity (Wildman–Crippen MR) is 129 cm³/mol. The number of carboxylic acids is 1. The maximum absolute atomic E-state index is 13.4. The normalized spacial score (nSPS) is 10.6. The molecule has 0 radical (unpaired) electrons. The molecule has 188 valence electrons. The predicted octanol–water partition coefficient (Wildman–Crippen LogP) is 5.07. The molecule has 0 atom stereocenters. The van der Waals surface area contributed by atoms with E-state index in [0.717, 1.165) is 6.07 Å². The fourth-order valence-corrected chi connectivity index (χ4v) is 3.77. The van der Waals surface area contributed by atoms with Gasteiger partial charge in [-0.3, -0.25) is 0 Å². The van der Waals surface area contributed by atoms with Crippen LogP contribution in [0.15, 0.2) is 36.4 Å². The molecule has 2 heterocycles. The highest BCUT2D eigenvalue weighted by Crippen LogP contribution is 2.32. The minimum absolute atomic E-state index is 0.104. The smallest absolute Gasteiger partial charge is 0.342 e. The van der Waals surface area contributed by atoms with Crippen molar-refractivity contribution in [2.24, 2.45) is 0 Å². The molecular weight excluding hydrogens is 474 g/mol. The Morgan fingerprint density at radius 2 is 1.36 bits per heavy atom. The maximum atomic E-state index is 13.4. The Morgan fingerprint density at radius 1 is 0.861 bits per heavy atom. The molecule has 0 fully saturated rings. The molecule has 36 heavy (non-hydrogen) atoms. The van der Waals surface area contributed by atoms with Crippen molar-refractivity contribution in [2.75, 3.05) is 14.2 Å². The third-order valence-corrected chi connectivity index (χ3v) is 5.44. The average Bonchev–Trinajstić information content (AvgIpc) is 2.86. The van der Waals surface area contributed by atoms with Gasteiger partial charge in [0.25, 0.3) is 0 Å². The lowest BCUT2D eigenvalue weighted by atomic mass is 10.0. The lowest BCUT2D eigenvalue weighted by Gasteiger charge is -2.13. The summed E-state index contributed by atoms with van der Waals surface area (Å²) < 4.78 is 36.5. The molecule has 8 nitrogen and oxygen atoms in total. The Balaban J connectivity index is 0.000000202. The van der Waals surface area contributed by atoms with Gasteiger partial charge in [0.15, 0.2) is 11.5 Å². The first-order valence-electron chi connectivity index (χ1n) is 10.9. The Morgan fingerprint density at radius 3 is 1.81 bits per heavy atom. The van der Waals surface area contributed by atoms with Crippen LogP contribution in [0.2, 0.25) is 0 Å². The van der Waals surface area contributed by atoms with Crippen LogP contribution in [0, 0.1) is 11.6 Å². The Kier molecular flexibility index (Phi) is 7.98. The third kappa shape index (κ3) is 5.02. The van der Waals surface area contributed by atoms with Gasteiger partial charge in [0.05, 0.1) is 36.6 Å². The van der Waals surface area contributed by atoms with E-state index in [2.05, 4.69) is 9.97 Å². The van der Waals surface area contributed by atoms with E-state index in [1.807, 2.05) is 6.92 Å². The largest absolute Gasteiger partial charge is 0.505 e. The van der Waals surface area contributed by atoms with Gasteiger partial charge >= 0.3 is 11.9 Å². The van der Waals surface area contributed by atoms with Gasteiger partial charge in [0.2, 0.25) is 0 Å². The van der Waals surface area contributed by atoms with Crippen LogP contribution in [-0.4, -0.2) is 46.3 Å². The van der Waals surface area contributed by atoms with Gasteiger partial charge in [0.1, 0.15) is 22.8 Å². The van der Waals surface area contributed by atoms with Crippen LogP contribution in [0.25, 0.3) is 21.8 Å². The summed E-state index contributed by atoms with van der Waals surface area (Å²) in [7, 11) is 2.73. The summed E-state index contributed by atoms with van der Waals surface area (Å²) in [6.45, 7) is 3.66. The van der Waals surface area contributed by atoms with Crippen molar-refractivity contribution in [3.8, 4) is 11.5 Å². The van der Waals surface area contributed by atoms with E-state index in [-0.39, 0.29) is 16.5 Å². The number of aromatic carboxylic acids is 1. The van der Waals surface area contributed by atoms with Gasteiger partial charge < -0.3 is 19.7 Å². The number of carbonyl (C=O) groups excluding carboxylic acids is 1. The number of benzene rings is 2. The minimum Gasteiger partial charge on any atom is -0.505 e. The number of rotatable bonds is 5. The van der Waals surface area contributed by atoms with Crippen LogP contribution in [0.3, 0.4) is 0 Å². The molecule has 0 bridgehead atoms. The van der Waals surface area contributed by atoms with E-state index in [9.17, 15) is 23.5 Å². The molecular formula is C26H24F2N2O6. The molecule has 2 aromatic carbocycles. The summed E-state index contributed by atoms with van der Waals surface area (Å²) in [4.78, 5) is 31.5. The molecule has 0 aliphatic heterocycles. The number of carbonyl (C=O) groups is 2. The van der Waals surface area contributed by atoms with E-state index in [0.29, 0.717) is 46.4 Å². The first-order valence-corrected chi connectivity index (χ1v) is 10.9. The Bertz CT molecular complexity index is 1470. The summed E-state index contributed by atoms with van der Waals surface area (Å²) in [5, 5.41) is 19.3. The number of aromatic nitrogens is 2. The summed E-state index contributed by atoms with van der Waals surface area (Å²) in [6.07, 6.45) is 1.000. The first-order chi connectivity index (χ1) is 17.2. The van der Waals surface area contributed by atoms with Crippen molar-refractivity contribution in [3.05, 3.63) is 70.5 Å². The summed E-state index contributed by atoms with van der Waals surface area (Å²) in [5.41, 5.74) is 1.75. The molecule has 0 spiro atoms. The molecule has 0 aliphatic carbocycles. The number of pyridine rings is 2. The molecule has 0 unspecified atom stereocenters. The third-order valence-electron chi connectivity index (χ3n) is 5.44. The van der Waals surface area contributed by atoms with Gasteiger partial charge in [-0.1, -0.05) is 13.8 Å². The monoisotopic (exact) mass is 498 g/mol. The van der Waals surface area contributed by atoms with E-state index in [4.69, 9.17) is 14.6 Å². The van der Waals surface area contributed by atoms with Crippen LogP contribution in [0.5, 0.6) is 11.5 Å². The van der Waals surface area contributed by atoms with Crippen LogP contribution >= 0.6 is 0 Å². The summed E-state index contributed by atoms with van der Waals surface area (Å²) in [5.74, 6) is -2.92. The molecule has 0 saturated carbocycles. The number of fused-ring (bicyclic) bond motifs is 2. The number of nitrogens with zero attached hydrogens (tertiary/aromatic N) is 2. The fraction of sp³-hybridized carbons (Fsp3) is 0.231. The molecule has 4 aromatic rings. The number of halogens is 2. The molecule has 0 amide bonds. The highest BCUT2D eigenvalue weighted by Gasteiger charge is 2.22. The summed E-state index contributed by atoms with van der Waals surface area (Å²) in [6, 6.07) is 7.77. The van der Waals surface area contributed by atoms with Crippen molar-refractivity contribution in [1.82, 2.24) is 9.97 Å². The zero-order valence-electron chi connectivity index (χ0n) is 20.1. The van der Waals surface area contributed by atoms with E-state index < -0.39 is 29.3 Å². The van der Waals surface area contributed by atoms with Crippen LogP contribution in [0.1, 0.15) is 46.0 Å². The number of aryl methyl sites for hydroxylation is 2. The SMILES string of the molecule is CCc1nc2ccc(F)cc2c(C(=O)O)c1O.CCc1nc2ccc(F)cc2c(C(=O)OC)c1OC. The highest BCUT2D eigenvalue weighted by molar-refractivity contribution is 6.06. The second-order valence-corrected chi connectivity index (χ2v) is 7.58. The second-order valence-electron chi connectivity index (χ2n) is 7.58. The first kappa shape index (κ1) is 26.3. The standard InChI is InChI=1S/C14H14FNO3.C12H10FNO3/c1-4-10-13(18-2)12(14(17)19-3)9-7-8(15)5-6-11(9)16-10;1-2-8-11(15)10(12(16)17)7-5-6(13)3-4-9(7)14-8/h5-7H,4H2,1-3H3;3-5,15H,2H2,1H3,(H,16,17). The number of ether oxygens (including phenoxy) is 2. The maximum Gasteiger partial charge on any atom is 0.342 e. The zero-order valence-corrected chi connectivity index (χ0v) is 20.1. The van der Waals surface area contributed by atoms with Gasteiger partial charge in [-0.2, -0.15) is 0 Å². The van der Waals surface area contributed by atoms with Gasteiger partial charge in [0, 0.05) is 10.8 Å². The van der Waals surface area contributed by atoms with Crippen LogP contribution in [-0.2, 0) is 17.6 Å². The minimum atomic E-state index is -1.30. The van der Waals surface area contributed by atoms with Crippen molar-refractivity contribution in [2.45, 2.75) is 26.7 Å². The van der Waals surface area contributed by atoms with Crippen LogP contribution < -0.4 is 4.74 Å². The zero-order chi connectivity index (χ0) is 26.6. The van der Waals surface area contributed by atoms with E-state index in [1.54, 1.807) is 6.92 Å². The number of methoxy groups -OCH3 is 2. The number of hydrogen-bond donors (Lipinski definition) is 2. The van der Waals surface area contributed by atoms with Crippen molar-refractivity contribution in [1.29, 1.82) is 0 Å². The molecule has 0 aliphatic rings. The average molecular weight is 498 g/mol. The molecule has 2 N–H and O–H groups in total. The Hall–Kier alpha value is -4.34. The quantitative estimate of drug-likeness (QED) is 0.366. The van der Waals surface area contributed by atoms with Crippen molar-refractivity contribution < 1.29 is 38.1 Å². The molecule has 0 saturated heterocycles. The van der Waals surface area contributed by atoms with Crippen LogP contribution in [0.4, 0.5) is 8.78 Å². The Labute approximate surface area is 205 Å². The summed E-state index contributed by atoms with van der Waals surface area (Å²) >= 11 is 0. The van der Waals surface area contributed by atoms with Crippen molar-refractivity contribution in [3.63, 3.8) is 0 Å².